The maximum atomic E-state index is 11.7. The molecule has 1 fully saturated rings. The normalized spacial score (nSPS) is 15.7. The zero-order valence-corrected chi connectivity index (χ0v) is 10.7. The molecule has 18 heavy (non-hydrogen) atoms. The number of nitrogens with one attached hydrogen (secondary N) is 1. The smallest absolute Gasteiger partial charge is 0.265 e. The van der Waals surface area contributed by atoms with Crippen LogP contribution in [0.1, 0.15) is 9.67 Å². The van der Waals surface area contributed by atoms with Gasteiger partial charge in [0.25, 0.3) is 5.91 Å². The third-order valence-corrected chi connectivity index (χ3v) is 3.66. The number of thiazole rings is 1. The zero-order valence-electron chi connectivity index (χ0n) is 9.89. The number of nitrogens with two attached hydrogens (primary N) is 1. The van der Waals surface area contributed by atoms with Crippen molar-refractivity contribution in [3.05, 3.63) is 4.88 Å². The highest BCUT2D eigenvalue weighted by Crippen LogP contribution is 2.28. The first-order chi connectivity index (χ1) is 8.72. The van der Waals surface area contributed by atoms with E-state index in [1.165, 1.54) is 11.3 Å². The lowest BCUT2D eigenvalue weighted by molar-refractivity contribution is 0.0949. The number of ether oxygens (including phenoxy) is 1. The average molecular weight is 272 g/mol. The average Bonchev–Trinajstić information content (AvgIpc) is 2.79. The quantitative estimate of drug-likeness (QED) is 0.669. The standard InChI is InChI=1S/C10H16N4O3S/c11-8-7(9(16)12-1-4-15)18-10(13-8)14-2-5-17-6-3-14/h15H,1-6,11H2,(H,12,16). The minimum absolute atomic E-state index is 0.0965. The van der Waals surface area contributed by atoms with Gasteiger partial charge in [0.1, 0.15) is 10.7 Å². The molecule has 0 saturated carbocycles. The van der Waals surface area contributed by atoms with Gasteiger partial charge in [0.2, 0.25) is 0 Å². The van der Waals surface area contributed by atoms with E-state index in [4.69, 9.17) is 15.6 Å². The number of aromatic nitrogens is 1. The van der Waals surface area contributed by atoms with Gasteiger partial charge in [-0.15, -0.1) is 0 Å². The number of nitrogens with zero attached hydrogens (tertiary/aromatic N) is 2. The molecule has 0 bridgehead atoms. The molecule has 0 unspecified atom stereocenters. The fraction of sp³-hybridized carbons (Fsp3) is 0.600. The van der Waals surface area contributed by atoms with Gasteiger partial charge in [0.15, 0.2) is 5.13 Å². The zero-order chi connectivity index (χ0) is 13.0. The highest BCUT2D eigenvalue weighted by atomic mass is 32.1. The van der Waals surface area contributed by atoms with E-state index >= 15 is 0 Å². The summed E-state index contributed by atoms with van der Waals surface area (Å²) in [7, 11) is 0. The maximum absolute atomic E-state index is 11.7. The summed E-state index contributed by atoms with van der Waals surface area (Å²) in [6, 6.07) is 0. The Morgan fingerprint density at radius 1 is 1.56 bits per heavy atom. The van der Waals surface area contributed by atoms with Crippen LogP contribution in [0.25, 0.3) is 0 Å². The fourth-order valence-electron chi connectivity index (χ4n) is 1.62. The Labute approximate surface area is 109 Å². The monoisotopic (exact) mass is 272 g/mol. The molecule has 0 radical (unpaired) electrons. The number of amides is 1. The van der Waals surface area contributed by atoms with Crippen LogP contribution in [0.5, 0.6) is 0 Å². The van der Waals surface area contributed by atoms with Gasteiger partial charge in [-0.25, -0.2) is 4.98 Å². The number of hydrogen-bond donors (Lipinski definition) is 3. The summed E-state index contributed by atoms with van der Waals surface area (Å²) in [5.74, 6) is -0.0597. The number of anilines is 2. The van der Waals surface area contributed by atoms with E-state index in [1.807, 2.05) is 4.90 Å². The van der Waals surface area contributed by atoms with Crippen molar-refractivity contribution in [3.8, 4) is 0 Å². The van der Waals surface area contributed by atoms with Crippen molar-refractivity contribution in [2.45, 2.75) is 0 Å². The van der Waals surface area contributed by atoms with Crippen molar-refractivity contribution in [2.24, 2.45) is 0 Å². The molecule has 7 nitrogen and oxygen atoms in total. The number of hydrogen-bond acceptors (Lipinski definition) is 7. The molecule has 2 heterocycles. The van der Waals surface area contributed by atoms with E-state index < -0.39 is 0 Å². The van der Waals surface area contributed by atoms with Crippen LogP contribution in [0.2, 0.25) is 0 Å². The van der Waals surface area contributed by atoms with Crippen LogP contribution in [0.4, 0.5) is 10.9 Å². The van der Waals surface area contributed by atoms with Gasteiger partial charge >= 0.3 is 0 Å². The number of carbonyl (C=O) groups excluding carboxylic acids is 1. The van der Waals surface area contributed by atoms with Crippen molar-refractivity contribution in [2.75, 3.05) is 50.1 Å². The van der Waals surface area contributed by atoms with Crippen molar-refractivity contribution in [3.63, 3.8) is 0 Å². The third kappa shape index (κ3) is 2.89. The number of aliphatic hydroxyl groups is 1. The highest BCUT2D eigenvalue weighted by Gasteiger charge is 2.20. The Hall–Kier alpha value is -1.38. The van der Waals surface area contributed by atoms with Crippen molar-refractivity contribution in [1.29, 1.82) is 0 Å². The lowest BCUT2D eigenvalue weighted by atomic mass is 10.4. The molecule has 1 aromatic heterocycles. The maximum Gasteiger partial charge on any atom is 0.265 e. The second kappa shape index (κ2) is 5.98. The molecule has 1 aliphatic rings. The van der Waals surface area contributed by atoms with Crippen LogP contribution in [0.15, 0.2) is 0 Å². The Bertz CT molecular complexity index is 417. The molecule has 0 aliphatic carbocycles. The van der Waals surface area contributed by atoms with Gasteiger partial charge in [-0.2, -0.15) is 0 Å². The number of aliphatic hydroxyl groups excluding tert-OH is 1. The number of carbonyl (C=O) groups is 1. The Morgan fingerprint density at radius 2 is 2.28 bits per heavy atom. The second-order valence-corrected chi connectivity index (χ2v) is 4.77. The molecular weight excluding hydrogens is 256 g/mol. The third-order valence-electron chi connectivity index (χ3n) is 2.53. The molecule has 0 atom stereocenters. The summed E-state index contributed by atoms with van der Waals surface area (Å²) in [5.41, 5.74) is 5.74. The van der Waals surface area contributed by atoms with Crippen LogP contribution in [-0.4, -0.2) is 55.5 Å². The van der Waals surface area contributed by atoms with Gasteiger partial charge in [-0.05, 0) is 0 Å². The number of morpholine rings is 1. The molecule has 4 N–H and O–H groups in total. The molecule has 1 amide bonds. The first-order valence-electron chi connectivity index (χ1n) is 5.70. The fourth-order valence-corrected chi connectivity index (χ4v) is 2.58. The molecule has 100 valence electrons. The summed E-state index contributed by atoms with van der Waals surface area (Å²) in [6.45, 7) is 2.94. The predicted octanol–water partition coefficient (Wildman–Crippen LogP) is -0.716. The first-order valence-corrected chi connectivity index (χ1v) is 6.52. The van der Waals surface area contributed by atoms with Gasteiger partial charge in [-0.1, -0.05) is 11.3 Å². The minimum Gasteiger partial charge on any atom is -0.395 e. The molecule has 0 aromatic carbocycles. The van der Waals surface area contributed by atoms with Crippen molar-refractivity contribution >= 4 is 28.2 Å². The van der Waals surface area contributed by atoms with E-state index in [2.05, 4.69) is 10.3 Å². The molecule has 2 rings (SSSR count). The predicted molar refractivity (Wildman–Crippen MR) is 69.0 cm³/mol. The highest BCUT2D eigenvalue weighted by molar-refractivity contribution is 7.18. The molecular formula is C10H16N4O3S. The van der Waals surface area contributed by atoms with Crippen LogP contribution < -0.4 is 16.0 Å². The van der Waals surface area contributed by atoms with Crippen LogP contribution in [-0.2, 0) is 4.74 Å². The number of rotatable bonds is 4. The minimum atomic E-state index is -0.293. The summed E-state index contributed by atoms with van der Waals surface area (Å²) < 4.78 is 5.26. The first kappa shape index (κ1) is 13.1. The lowest BCUT2D eigenvalue weighted by Gasteiger charge is -2.25. The van der Waals surface area contributed by atoms with Crippen molar-refractivity contribution < 1.29 is 14.6 Å². The van der Waals surface area contributed by atoms with E-state index in [-0.39, 0.29) is 24.9 Å². The van der Waals surface area contributed by atoms with Crippen molar-refractivity contribution in [1.82, 2.24) is 10.3 Å². The molecule has 1 saturated heterocycles. The topological polar surface area (TPSA) is 101 Å². The summed E-state index contributed by atoms with van der Waals surface area (Å²) in [5, 5.41) is 12.0. The molecule has 1 aromatic rings. The van der Waals surface area contributed by atoms with Gasteiger partial charge in [0.05, 0.1) is 19.8 Å². The summed E-state index contributed by atoms with van der Waals surface area (Å²) >= 11 is 1.27. The summed E-state index contributed by atoms with van der Waals surface area (Å²) in [6.07, 6.45) is 0. The van der Waals surface area contributed by atoms with Gasteiger partial charge < -0.3 is 25.8 Å². The van der Waals surface area contributed by atoms with E-state index in [0.717, 1.165) is 18.2 Å². The SMILES string of the molecule is Nc1nc(N2CCOCC2)sc1C(=O)NCCO. The Kier molecular flexibility index (Phi) is 4.34. The largest absolute Gasteiger partial charge is 0.395 e. The summed E-state index contributed by atoms with van der Waals surface area (Å²) in [4.78, 5) is 18.4. The second-order valence-electron chi connectivity index (χ2n) is 3.79. The molecule has 8 heteroatoms. The lowest BCUT2D eigenvalue weighted by Crippen LogP contribution is -2.36. The van der Waals surface area contributed by atoms with Crippen LogP contribution in [0, 0.1) is 0 Å². The van der Waals surface area contributed by atoms with Crippen LogP contribution in [0.3, 0.4) is 0 Å². The van der Waals surface area contributed by atoms with E-state index in [1.54, 1.807) is 0 Å². The Morgan fingerprint density at radius 3 is 2.94 bits per heavy atom. The molecule has 0 spiro atoms. The Balaban J connectivity index is 2.08. The number of nitrogen functional groups attached to an aromatic ring is 1. The van der Waals surface area contributed by atoms with Gasteiger partial charge in [0, 0.05) is 19.6 Å². The van der Waals surface area contributed by atoms with Crippen LogP contribution >= 0.6 is 11.3 Å². The van der Waals surface area contributed by atoms with E-state index in [0.29, 0.717) is 18.1 Å². The van der Waals surface area contributed by atoms with E-state index in [9.17, 15) is 4.79 Å². The van der Waals surface area contributed by atoms with Gasteiger partial charge in [-0.3, -0.25) is 4.79 Å². The molecule has 1 aliphatic heterocycles.